The Balaban J connectivity index is 3.47. The number of hydrogen-bond acceptors (Lipinski definition) is 6. The summed E-state index contributed by atoms with van der Waals surface area (Å²) in [5.74, 6) is -1.06. The standard InChI is InChI=1S/C25H46O6/c1-21(2)30-25(28)24(31-23(4)27)19-17-15-13-11-9-7-5-6-8-10-12-14-16-18-20-29-22(3)26/h21,24H,5-20H2,1-4H3. The summed E-state index contributed by atoms with van der Waals surface area (Å²) < 4.78 is 15.2. The third-order valence-corrected chi connectivity index (χ3v) is 5.09. The molecule has 1 unspecified atom stereocenters. The maximum Gasteiger partial charge on any atom is 0.347 e. The molecule has 0 fully saturated rings. The molecule has 0 saturated carbocycles. The van der Waals surface area contributed by atoms with Crippen LogP contribution in [-0.4, -0.2) is 36.7 Å². The predicted molar refractivity (Wildman–Crippen MR) is 123 cm³/mol. The Morgan fingerprint density at radius 1 is 0.581 bits per heavy atom. The van der Waals surface area contributed by atoms with Crippen LogP contribution in [0.2, 0.25) is 0 Å². The van der Waals surface area contributed by atoms with Crippen LogP contribution in [0.25, 0.3) is 0 Å². The van der Waals surface area contributed by atoms with Crippen molar-refractivity contribution in [2.75, 3.05) is 6.61 Å². The summed E-state index contributed by atoms with van der Waals surface area (Å²) in [7, 11) is 0. The highest BCUT2D eigenvalue weighted by Crippen LogP contribution is 2.15. The first kappa shape index (κ1) is 29.4. The fraction of sp³-hybridized carbons (Fsp3) is 0.880. The molecule has 0 bridgehead atoms. The average Bonchev–Trinajstić information content (AvgIpc) is 2.68. The van der Waals surface area contributed by atoms with E-state index in [1.165, 1.54) is 71.6 Å². The van der Waals surface area contributed by atoms with Crippen LogP contribution in [0.4, 0.5) is 0 Å². The Labute approximate surface area is 189 Å². The van der Waals surface area contributed by atoms with E-state index < -0.39 is 18.0 Å². The lowest BCUT2D eigenvalue weighted by Crippen LogP contribution is -2.30. The molecule has 0 saturated heterocycles. The molecule has 6 heteroatoms. The molecule has 0 amide bonds. The van der Waals surface area contributed by atoms with E-state index in [2.05, 4.69) is 0 Å². The van der Waals surface area contributed by atoms with Crippen molar-refractivity contribution in [2.24, 2.45) is 0 Å². The van der Waals surface area contributed by atoms with Crippen molar-refractivity contribution in [3.8, 4) is 0 Å². The summed E-state index contributed by atoms with van der Waals surface area (Å²) in [6.07, 6.45) is 16.3. The van der Waals surface area contributed by atoms with Crippen molar-refractivity contribution in [3.63, 3.8) is 0 Å². The number of carbonyl (C=O) groups excluding carboxylic acids is 3. The Bertz CT molecular complexity index is 475. The van der Waals surface area contributed by atoms with Gasteiger partial charge in [-0.1, -0.05) is 77.0 Å². The second-order valence-electron chi connectivity index (χ2n) is 8.66. The minimum Gasteiger partial charge on any atom is -0.466 e. The fourth-order valence-corrected chi connectivity index (χ4v) is 3.50. The molecular formula is C25H46O6. The summed E-state index contributed by atoms with van der Waals surface area (Å²) in [6, 6.07) is 0. The van der Waals surface area contributed by atoms with E-state index in [9.17, 15) is 14.4 Å². The van der Waals surface area contributed by atoms with E-state index in [0.717, 1.165) is 32.1 Å². The van der Waals surface area contributed by atoms with Gasteiger partial charge in [0.15, 0.2) is 6.10 Å². The zero-order valence-electron chi connectivity index (χ0n) is 20.4. The first-order valence-corrected chi connectivity index (χ1v) is 12.3. The van der Waals surface area contributed by atoms with Crippen LogP contribution < -0.4 is 0 Å². The smallest absolute Gasteiger partial charge is 0.347 e. The molecule has 0 aromatic heterocycles. The minimum atomic E-state index is -0.770. The third-order valence-electron chi connectivity index (χ3n) is 5.09. The summed E-state index contributed by atoms with van der Waals surface area (Å²) in [5, 5.41) is 0. The van der Waals surface area contributed by atoms with Gasteiger partial charge in [0.25, 0.3) is 0 Å². The van der Waals surface area contributed by atoms with Crippen LogP contribution in [0.15, 0.2) is 0 Å². The van der Waals surface area contributed by atoms with E-state index in [1.807, 2.05) is 0 Å². The molecule has 0 aromatic carbocycles. The lowest BCUT2D eigenvalue weighted by molar-refractivity contribution is -0.169. The Morgan fingerprint density at radius 3 is 1.39 bits per heavy atom. The molecule has 0 rings (SSSR count). The van der Waals surface area contributed by atoms with Crippen LogP contribution in [-0.2, 0) is 28.6 Å². The molecule has 182 valence electrons. The molecule has 1 atom stereocenters. The number of ether oxygens (including phenoxy) is 3. The molecule has 0 radical (unpaired) electrons. The van der Waals surface area contributed by atoms with E-state index in [0.29, 0.717) is 13.0 Å². The van der Waals surface area contributed by atoms with Crippen molar-refractivity contribution in [1.29, 1.82) is 0 Å². The molecule has 0 spiro atoms. The molecule has 0 heterocycles. The monoisotopic (exact) mass is 442 g/mol. The van der Waals surface area contributed by atoms with Gasteiger partial charge in [-0.05, 0) is 33.1 Å². The van der Waals surface area contributed by atoms with Gasteiger partial charge in [0.2, 0.25) is 0 Å². The molecule has 0 aromatic rings. The van der Waals surface area contributed by atoms with Gasteiger partial charge in [-0.3, -0.25) is 9.59 Å². The summed E-state index contributed by atoms with van der Waals surface area (Å²) in [4.78, 5) is 33.8. The van der Waals surface area contributed by atoms with Crippen LogP contribution >= 0.6 is 0 Å². The zero-order valence-corrected chi connectivity index (χ0v) is 20.4. The zero-order chi connectivity index (χ0) is 23.3. The number of carbonyl (C=O) groups is 3. The number of rotatable bonds is 20. The highest BCUT2D eigenvalue weighted by atomic mass is 16.6. The second-order valence-corrected chi connectivity index (χ2v) is 8.66. The van der Waals surface area contributed by atoms with Gasteiger partial charge in [-0.2, -0.15) is 0 Å². The number of hydrogen-bond donors (Lipinski definition) is 0. The van der Waals surface area contributed by atoms with Gasteiger partial charge in [0, 0.05) is 13.8 Å². The topological polar surface area (TPSA) is 78.9 Å². The van der Waals surface area contributed by atoms with E-state index in [1.54, 1.807) is 13.8 Å². The van der Waals surface area contributed by atoms with Crippen molar-refractivity contribution in [1.82, 2.24) is 0 Å². The van der Waals surface area contributed by atoms with Crippen LogP contribution in [0, 0.1) is 0 Å². The maximum absolute atomic E-state index is 12.0. The van der Waals surface area contributed by atoms with Gasteiger partial charge >= 0.3 is 17.9 Å². The molecule has 0 aliphatic rings. The Morgan fingerprint density at radius 2 is 1.00 bits per heavy atom. The minimum absolute atomic E-state index is 0.184. The normalized spacial score (nSPS) is 11.9. The van der Waals surface area contributed by atoms with Crippen LogP contribution in [0.3, 0.4) is 0 Å². The Kier molecular flexibility index (Phi) is 19.3. The largest absolute Gasteiger partial charge is 0.466 e. The molecule has 0 N–H and O–H groups in total. The summed E-state index contributed by atoms with van der Waals surface area (Å²) in [6.45, 7) is 6.92. The summed E-state index contributed by atoms with van der Waals surface area (Å²) in [5.41, 5.74) is 0. The first-order valence-electron chi connectivity index (χ1n) is 12.3. The van der Waals surface area contributed by atoms with Crippen LogP contribution in [0.1, 0.15) is 124 Å². The van der Waals surface area contributed by atoms with Gasteiger partial charge in [-0.15, -0.1) is 0 Å². The Hall–Kier alpha value is -1.59. The molecule has 6 nitrogen and oxygen atoms in total. The SMILES string of the molecule is CC(=O)OCCCCCCCCCCCCCCCCC(OC(C)=O)C(=O)OC(C)C. The molecule has 0 aliphatic carbocycles. The van der Waals surface area contributed by atoms with Gasteiger partial charge in [0.1, 0.15) is 0 Å². The van der Waals surface area contributed by atoms with Gasteiger partial charge in [0.05, 0.1) is 12.7 Å². The van der Waals surface area contributed by atoms with Crippen molar-refractivity contribution >= 4 is 17.9 Å². The highest BCUT2D eigenvalue weighted by molar-refractivity contribution is 5.78. The average molecular weight is 443 g/mol. The third kappa shape index (κ3) is 21.4. The maximum atomic E-state index is 12.0. The second kappa shape index (κ2) is 20.3. The lowest BCUT2D eigenvalue weighted by atomic mass is 10.0. The molecular weight excluding hydrogens is 396 g/mol. The fourth-order valence-electron chi connectivity index (χ4n) is 3.50. The number of unbranched alkanes of at least 4 members (excludes halogenated alkanes) is 13. The van der Waals surface area contributed by atoms with Crippen molar-refractivity contribution < 1.29 is 28.6 Å². The summed E-state index contributed by atoms with van der Waals surface area (Å²) >= 11 is 0. The van der Waals surface area contributed by atoms with Crippen molar-refractivity contribution in [3.05, 3.63) is 0 Å². The van der Waals surface area contributed by atoms with Crippen molar-refractivity contribution in [2.45, 2.75) is 136 Å². The lowest BCUT2D eigenvalue weighted by Gasteiger charge is -2.17. The van der Waals surface area contributed by atoms with E-state index in [4.69, 9.17) is 14.2 Å². The molecule has 0 aliphatic heterocycles. The van der Waals surface area contributed by atoms with E-state index >= 15 is 0 Å². The molecule has 31 heavy (non-hydrogen) atoms. The first-order chi connectivity index (χ1) is 14.8. The predicted octanol–water partition coefficient (Wildman–Crippen LogP) is 6.28. The van der Waals surface area contributed by atoms with Gasteiger partial charge in [-0.25, -0.2) is 4.79 Å². The van der Waals surface area contributed by atoms with Gasteiger partial charge < -0.3 is 14.2 Å². The quantitative estimate of drug-likeness (QED) is 0.125. The van der Waals surface area contributed by atoms with Crippen LogP contribution in [0.5, 0.6) is 0 Å². The van der Waals surface area contributed by atoms with E-state index in [-0.39, 0.29) is 12.1 Å². The highest BCUT2D eigenvalue weighted by Gasteiger charge is 2.23. The number of esters is 3.